The lowest BCUT2D eigenvalue weighted by Gasteiger charge is -2.02. The second-order valence-corrected chi connectivity index (χ2v) is 4.45. The molecule has 0 fully saturated rings. The summed E-state index contributed by atoms with van der Waals surface area (Å²) in [6, 6.07) is 5.76. The number of carbonyl (C=O) groups is 1. The molecule has 1 heterocycles. The van der Waals surface area contributed by atoms with Gasteiger partial charge in [-0.1, -0.05) is 0 Å². The summed E-state index contributed by atoms with van der Waals surface area (Å²) in [5.74, 6) is 0.834. The van der Waals surface area contributed by atoms with E-state index in [1.165, 1.54) is 0 Å². The Bertz CT molecular complexity index is 572. The van der Waals surface area contributed by atoms with Gasteiger partial charge in [-0.05, 0) is 28.1 Å². The Balaban J connectivity index is 2.83. The molecule has 16 heavy (non-hydrogen) atoms. The fraction of sp³-hybridized carbons (Fsp3) is 0.250. The van der Waals surface area contributed by atoms with E-state index in [0.717, 1.165) is 21.1 Å². The number of methoxy groups -OCH3 is 1. The van der Waals surface area contributed by atoms with Crippen LogP contribution in [0.25, 0.3) is 10.9 Å². The second kappa shape index (κ2) is 3.94. The maximum Gasteiger partial charge on any atom is 0.177 e. The molecule has 0 spiro atoms. The molecule has 84 valence electrons. The van der Waals surface area contributed by atoms with Gasteiger partial charge >= 0.3 is 0 Å². The predicted octanol–water partition coefficient (Wildman–Crippen LogP) is 3.15. The molecule has 0 saturated heterocycles. The predicted molar refractivity (Wildman–Crippen MR) is 67.2 cm³/mol. The number of rotatable bonds is 2. The van der Waals surface area contributed by atoms with Crippen LogP contribution in [0.5, 0.6) is 5.75 Å². The first-order valence-electron chi connectivity index (χ1n) is 4.89. The number of fused-ring (bicyclic) bond motifs is 1. The Labute approximate surface area is 102 Å². The van der Waals surface area contributed by atoms with Crippen LogP contribution in [0.15, 0.2) is 22.7 Å². The number of halogens is 1. The Kier molecular flexibility index (Phi) is 2.76. The van der Waals surface area contributed by atoms with Gasteiger partial charge in [-0.3, -0.25) is 4.79 Å². The highest BCUT2D eigenvalue weighted by molar-refractivity contribution is 9.10. The molecule has 3 nitrogen and oxygen atoms in total. The Morgan fingerprint density at radius 2 is 2.12 bits per heavy atom. The van der Waals surface area contributed by atoms with E-state index in [1.54, 1.807) is 14.0 Å². The summed E-state index contributed by atoms with van der Waals surface area (Å²) in [5, 5.41) is 1.02. The minimum absolute atomic E-state index is 0.0459. The van der Waals surface area contributed by atoms with Crippen molar-refractivity contribution >= 4 is 32.6 Å². The molecule has 0 aliphatic carbocycles. The molecule has 0 aliphatic rings. The van der Waals surface area contributed by atoms with Gasteiger partial charge in [-0.2, -0.15) is 0 Å². The van der Waals surface area contributed by atoms with Crippen molar-refractivity contribution in [1.29, 1.82) is 0 Å². The molecule has 2 rings (SSSR count). The van der Waals surface area contributed by atoms with Gasteiger partial charge in [0.05, 0.1) is 22.8 Å². The summed E-state index contributed by atoms with van der Waals surface area (Å²) in [7, 11) is 3.51. The molecule has 1 aromatic heterocycles. The molecular weight excluding hydrogens is 270 g/mol. The zero-order chi connectivity index (χ0) is 11.9. The fourth-order valence-electron chi connectivity index (χ4n) is 1.89. The van der Waals surface area contributed by atoms with E-state index in [1.807, 2.05) is 29.8 Å². The lowest BCUT2D eigenvalue weighted by atomic mass is 10.2. The Morgan fingerprint density at radius 3 is 2.69 bits per heavy atom. The van der Waals surface area contributed by atoms with Gasteiger partial charge < -0.3 is 9.30 Å². The number of Topliss-reactive ketones (excluding diaryl/α,β-unsaturated/α-hetero) is 1. The van der Waals surface area contributed by atoms with Crippen LogP contribution in [-0.2, 0) is 7.05 Å². The Morgan fingerprint density at radius 1 is 1.44 bits per heavy atom. The number of benzene rings is 1. The van der Waals surface area contributed by atoms with E-state index in [2.05, 4.69) is 15.9 Å². The quantitative estimate of drug-likeness (QED) is 0.792. The lowest BCUT2D eigenvalue weighted by Crippen LogP contribution is -2.01. The SMILES string of the molecule is COc1ccc2c(Br)c(C(C)=O)n(C)c2c1. The topological polar surface area (TPSA) is 31.2 Å². The smallest absolute Gasteiger partial charge is 0.177 e. The molecule has 0 bridgehead atoms. The highest BCUT2D eigenvalue weighted by atomic mass is 79.9. The molecule has 1 aromatic carbocycles. The van der Waals surface area contributed by atoms with Gasteiger partial charge in [0.1, 0.15) is 5.75 Å². The van der Waals surface area contributed by atoms with Crippen LogP contribution in [0.2, 0.25) is 0 Å². The zero-order valence-corrected chi connectivity index (χ0v) is 11.0. The molecule has 0 radical (unpaired) electrons. The maximum absolute atomic E-state index is 11.5. The summed E-state index contributed by atoms with van der Waals surface area (Å²) >= 11 is 3.47. The van der Waals surface area contributed by atoms with Crippen LogP contribution in [0.3, 0.4) is 0 Å². The second-order valence-electron chi connectivity index (χ2n) is 3.66. The van der Waals surface area contributed by atoms with E-state index in [9.17, 15) is 4.79 Å². The number of aromatic nitrogens is 1. The maximum atomic E-state index is 11.5. The molecule has 0 unspecified atom stereocenters. The van der Waals surface area contributed by atoms with E-state index < -0.39 is 0 Å². The van der Waals surface area contributed by atoms with Crippen molar-refractivity contribution in [3.05, 3.63) is 28.4 Å². The van der Waals surface area contributed by atoms with Crippen molar-refractivity contribution in [2.45, 2.75) is 6.92 Å². The van der Waals surface area contributed by atoms with E-state index in [4.69, 9.17) is 4.74 Å². The van der Waals surface area contributed by atoms with Gasteiger partial charge in [0.15, 0.2) is 5.78 Å². The van der Waals surface area contributed by atoms with Crippen molar-refractivity contribution in [3.8, 4) is 5.75 Å². The fourth-order valence-corrected chi connectivity index (χ4v) is 2.77. The van der Waals surface area contributed by atoms with Crippen LogP contribution < -0.4 is 4.74 Å². The number of aryl methyl sites for hydroxylation is 1. The largest absolute Gasteiger partial charge is 0.497 e. The molecule has 2 aromatic rings. The van der Waals surface area contributed by atoms with Crippen LogP contribution in [0.1, 0.15) is 17.4 Å². The summed E-state index contributed by atoms with van der Waals surface area (Å²) in [6.45, 7) is 1.57. The first-order chi connectivity index (χ1) is 7.56. The van der Waals surface area contributed by atoms with Crippen molar-refractivity contribution < 1.29 is 9.53 Å². The standard InChI is InChI=1S/C12H12BrNO2/c1-7(15)12-11(13)9-5-4-8(16-3)6-10(9)14(12)2/h4-6H,1-3H3. The van der Waals surface area contributed by atoms with Gasteiger partial charge in [0.2, 0.25) is 0 Å². The van der Waals surface area contributed by atoms with Crippen LogP contribution in [0, 0.1) is 0 Å². The summed E-state index contributed by atoms with van der Waals surface area (Å²) in [5.41, 5.74) is 1.67. The van der Waals surface area contributed by atoms with Gasteiger partial charge in [0, 0.05) is 25.4 Å². The van der Waals surface area contributed by atoms with Crippen LogP contribution in [-0.4, -0.2) is 17.5 Å². The van der Waals surface area contributed by atoms with Crippen molar-refractivity contribution in [2.24, 2.45) is 7.05 Å². The van der Waals surface area contributed by atoms with Crippen molar-refractivity contribution in [3.63, 3.8) is 0 Å². The van der Waals surface area contributed by atoms with E-state index in [-0.39, 0.29) is 5.78 Å². The number of nitrogens with zero attached hydrogens (tertiary/aromatic N) is 1. The lowest BCUT2D eigenvalue weighted by molar-refractivity contribution is 0.101. The van der Waals surface area contributed by atoms with Crippen molar-refractivity contribution in [1.82, 2.24) is 4.57 Å². The van der Waals surface area contributed by atoms with E-state index in [0.29, 0.717) is 5.69 Å². The first-order valence-corrected chi connectivity index (χ1v) is 5.68. The summed E-state index contributed by atoms with van der Waals surface area (Å²) in [4.78, 5) is 11.5. The first kappa shape index (κ1) is 11.2. The normalized spacial score (nSPS) is 10.8. The minimum Gasteiger partial charge on any atom is -0.497 e. The molecule has 0 saturated carbocycles. The number of ketones is 1. The van der Waals surface area contributed by atoms with Crippen LogP contribution in [0.4, 0.5) is 0 Å². The molecule has 0 aliphatic heterocycles. The summed E-state index contributed by atoms with van der Waals surface area (Å²) in [6.07, 6.45) is 0. The van der Waals surface area contributed by atoms with Crippen LogP contribution >= 0.6 is 15.9 Å². The van der Waals surface area contributed by atoms with Gasteiger partial charge in [-0.25, -0.2) is 0 Å². The molecule has 0 atom stereocenters. The van der Waals surface area contributed by atoms with Gasteiger partial charge in [0.25, 0.3) is 0 Å². The number of hydrogen-bond donors (Lipinski definition) is 0. The molecule has 0 N–H and O–H groups in total. The third-order valence-corrected chi connectivity index (χ3v) is 3.48. The third kappa shape index (κ3) is 1.53. The summed E-state index contributed by atoms with van der Waals surface area (Å²) < 4.78 is 7.90. The molecule has 4 heteroatoms. The molecule has 0 amide bonds. The molecular formula is C12H12BrNO2. The van der Waals surface area contributed by atoms with E-state index >= 15 is 0 Å². The van der Waals surface area contributed by atoms with Gasteiger partial charge in [-0.15, -0.1) is 0 Å². The number of hydrogen-bond acceptors (Lipinski definition) is 2. The Hall–Kier alpha value is -1.29. The van der Waals surface area contributed by atoms with Crippen molar-refractivity contribution in [2.75, 3.05) is 7.11 Å². The highest BCUT2D eigenvalue weighted by Crippen LogP contribution is 2.32. The average molecular weight is 282 g/mol. The monoisotopic (exact) mass is 281 g/mol. The third-order valence-electron chi connectivity index (χ3n) is 2.68. The number of ether oxygens (including phenoxy) is 1. The zero-order valence-electron chi connectivity index (χ0n) is 9.37. The number of carbonyl (C=O) groups excluding carboxylic acids is 1. The minimum atomic E-state index is 0.0459. The average Bonchev–Trinajstić information content (AvgIpc) is 2.51. The highest BCUT2D eigenvalue weighted by Gasteiger charge is 2.16.